The molecule has 1 aromatic heterocycles. The third-order valence-electron chi connectivity index (χ3n) is 2.45. The number of rotatable bonds is 5. The van der Waals surface area contributed by atoms with Crippen molar-refractivity contribution in [2.45, 2.75) is 37.9 Å². The minimum Gasteiger partial charge on any atom is -0.468 e. The second kappa shape index (κ2) is 8.18. The van der Waals surface area contributed by atoms with E-state index in [1.807, 2.05) is 0 Å². The minimum absolute atomic E-state index is 0.143. The van der Waals surface area contributed by atoms with Gasteiger partial charge in [-0.25, -0.2) is 8.42 Å². The smallest absolute Gasteiger partial charge is 0.404 e. The molecule has 1 rings (SSSR count). The highest BCUT2D eigenvalue weighted by Crippen LogP contribution is 2.22. The van der Waals surface area contributed by atoms with Gasteiger partial charge in [-0.15, -0.1) is 0 Å². The van der Waals surface area contributed by atoms with Crippen LogP contribution in [0.2, 0.25) is 0 Å². The molecule has 1 aromatic rings. The Kier molecular flexibility index (Phi) is 7.60. The summed E-state index contributed by atoms with van der Waals surface area (Å²) in [6.07, 6.45) is -1.82. The summed E-state index contributed by atoms with van der Waals surface area (Å²) in [4.78, 5) is 9.04. The maximum atomic E-state index is 12.3. The first-order chi connectivity index (χ1) is 9.95. The van der Waals surface area contributed by atoms with E-state index in [9.17, 15) is 26.4 Å². The number of aryl methyl sites for hydroxylation is 2. The highest BCUT2D eigenvalue weighted by Gasteiger charge is 2.39. The van der Waals surface area contributed by atoms with Gasteiger partial charge in [-0.3, -0.25) is 4.79 Å². The van der Waals surface area contributed by atoms with E-state index in [1.165, 1.54) is 23.9 Å². The average Bonchev–Trinajstić information content (AvgIpc) is 2.69. The Morgan fingerprint density at radius 1 is 1.41 bits per heavy atom. The molecule has 0 spiro atoms. The predicted octanol–water partition coefficient (Wildman–Crippen LogP) is 1.74. The molecule has 0 aromatic carbocycles. The Bertz CT molecular complexity index is 582. The van der Waals surface area contributed by atoms with Crippen molar-refractivity contribution < 1.29 is 31.1 Å². The molecule has 6 nitrogen and oxygen atoms in total. The Hall–Kier alpha value is -1.55. The van der Waals surface area contributed by atoms with E-state index in [0.717, 1.165) is 6.92 Å². The zero-order chi connectivity index (χ0) is 17.6. The van der Waals surface area contributed by atoms with Crippen molar-refractivity contribution >= 4 is 16.5 Å². The lowest BCUT2D eigenvalue weighted by Crippen LogP contribution is -2.43. The van der Waals surface area contributed by atoms with Crippen LogP contribution in [0.1, 0.15) is 19.4 Å². The van der Waals surface area contributed by atoms with E-state index in [4.69, 9.17) is 0 Å². The van der Waals surface area contributed by atoms with Crippen molar-refractivity contribution in [3.63, 3.8) is 0 Å². The maximum Gasteiger partial charge on any atom is 0.404 e. The molecule has 0 aliphatic carbocycles. The average molecular weight is 344 g/mol. The van der Waals surface area contributed by atoms with E-state index in [1.54, 1.807) is 18.7 Å². The van der Waals surface area contributed by atoms with Gasteiger partial charge in [0.15, 0.2) is 0 Å². The van der Waals surface area contributed by atoms with Gasteiger partial charge < -0.3 is 9.30 Å². The lowest BCUT2D eigenvalue weighted by molar-refractivity contribution is -0.147. The molecular formula is C12H19F3N2O4S. The number of ether oxygens (including phenoxy) is 1. The summed E-state index contributed by atoms with van der Waals surface area (Å²) >= 11 is 0. The van der Waals surface area contributed by atoms with Crippen LogP contribution in [-0.2, 0) is 26.6 Å². The van der Waals surface area contributed by atoms with Gasteiger partial charge in [-0.05, 0) is 26.3 Å². The standard InChI is InChI=1S/C9H13F3N2O2S.C3H6O2/c1-6-4-14(3)5-8(6)17(15,16)13-7(2)9(10,11)12;1-2-5-3-4/h4-5,7,13H,1-3H3;3H,2H2,1H3. The van der Waals surface area contributed by atoms with Gasteiger partial charge in [0.2, 0.25) is 10.0 Å². The normalized spacial score (nSPS) is 13.0. The molecule has 0 aliphatic heterocycles. The summed E-state index contributed by atoms with van der Waals surface area (Å²) < 4.78 is 67.4. The van der Waals surface area contributed by atoms with Crippen molar-refractivity contribution in [2.24, 2.45) is 7.05 Å². The van der Waals surface area contributed by atoms with Gasteiger partial charge in [0, 0.05) is 19.4 Å². The van der Waals surface area contributed by atoms with Gasteiger partial charge >= 0.3 is 6.18 Å². The van der Waals surface area contributed by atoms with Crippen LogP contribution in [-0.4, -0.2) is 38.3 Å². The topological polar surface area (TPSA) is 77.4 Å². The third-order valence-corrected chi connectivity index (χ3v) is 4.12. The second-order valence-corrected chi connectivity index (χ2v) is 6.09. The largest absolute Gasteiger partial charge is 0.468 e. The number of alkyl halides is 3. The van der Waals surface area contributed by atoms with Gasteiger partial charge in [0.25, 0.3) is 6.47 Å². The molecule has 1 unspecified atom stereocenters. The van der Waals surface area contributed by atoms with Crippen molar-refractivity contribution in [3.05, 3.63) is 18.0 Å². The van der Waals surface area contributed by atoms with Crippen molar-refractivity contribution in [1.82, 2.24) is 9.29 Å². The monoisotopic (exact) mass is 344 g/mol. The van der Waals surface area contributed by atoms with Crippen LogP contribution < -0.4 is 4.72 Å². The molecule has 1 atom stereocenters. The summed E-state index contributed by atoms with van der Waals surface area (Å²) in [7, 11) is -2.55. The summed E-state index contributed by atoms with van der Waals surface area (Å²) in [5.74, 6) is 0. The Labute approximate surface area is 127 Å². The van der Waals surface area contributed by atoms with Gasteiger partial charge in [0.1, 0.15) is 10.9 Å². The Morgan fingerprint density at radius 3 is 2.23 bits per heavy atom. The van der Waals surface area contributed by atoms with Gasteiger partial charge in [-0.2, -0.15) is 17.9 Å². The summed E-state index contributed by atoms with van der Waals surface area (Å²) in [6, 6.07) is -2.12. The van der Waals surface area contributed by atoms with E-state index in [-0.39, 0.29) is 4.90 Å². The summed E-state index contributed by atoms with van der Waals surface area (Å²) in [5.41, 5.74) is 0.398. The summed E-state index contributed by atoms with van der Waals surface area (Å²) in [6.45, 7) is 4.94. The molecule has 0 bridgehead atoms. The highest BCUT2D eigenvalue weighted by molar-refractivity contribution is 7.89. The fraction of sp³-hybridized carbons (Fsp3) is 0.583. The molecule has 10 heteroatoms. The van der Waals surface area contributed by atoms with Crippen LogP contribution in [0.15, 0.2) is 17.3 Å². The number of hydrogen-bond acceptors (Lipinski definition) is 4. The van der Waals surface area contributed by atoms with Gasteiger partial charge in [-0.1, -0.05) is 0 Å². The van der Waals surface area contributed by atoms with Crippen LogP contribution in [0.5, 0.6) is 0 Å². The number of aromatic nitrogens is 1. The number of carbonyl (C=O) groups is 1. The lowest BCUT2D eigenvalue weighted by atomic mass is 10.4. The molecule has 0 radical (unpaired) electrons. The SMILES string of the molecule is CCOC=O.Cc1cn(C)cc1S(=O)(=O)NC(C)C(F)(F)F. The number of sulfonamides is 1. The molecule has 22 heavy (non-hydrogen) atoms. The molecule has 0 saturated heterocycles. The molecule has 0 aliphatic rings. The fourth-order valence-corrected chi connectivity index (χ4v) is 2.91. The van der Waals surface area contributed by atoms with Crippen molar-refractivity contribution in [2.75, 3.05) is 6.61 Å². The third kappa shape index (κ3) is 6.48. The second-order valence-electron chi connectivity index (χ2n) is 4.41. The molecular weight excluding hydrogens is 325 g/mol. The van der Waals surface area contributed by atoms with Crippen LogP contribution in [0, 0.1) is 6.92 Å². The summed E-state index contributed by atoms with van der Waals surface area (Å²) in [5, 5.41) is 0. The van der Waals surface area contributed by atoms with E-state index in [0.29, 0.717) is 18.6 Å². The quantitative estimate of drug-likeness (QED) is 0.826. The fourth-order valence-electron chi connectivity index (χ4n) is 1.41. The number of nitrogens with one attached hydrogen (secondary N) is 1. The first-order valence-electron chi connectivity index (χ1n) is 6.22. The van der Waals surface area contributed by atoms with Crippen LogP contribution in [0.25, 0.3) is 0 Å². The number of halogens is 3. The molecule has 0 fully saturated rings. The van der Waals surface area contributed by atoms with Crippen molar-refractivity contribution in [1.29, 1.82) is 0 Å². The Balaban J connectivity index is 0.000000763. The highest BCUT2D eigenvalue weighted by atomic mass is 32.2. The van der Waals surface area contributed by atoms with Crippen molar-refractivity contribution in [3.8, 4) is 0 Å². The van der Waals surface area contributed by atoms with Crippen LogP contribution >= 0.6 is 0 Å². The molecule has 128 valence electrons. The lowest BCUT2D eigenvalue weighted by Gasteiger charge is -2.17. The van der Waals surface area contributed by atoms with E-state index >= 15 is 0 Å². The van der Waals surface area contributed by atoms with E-state index < -0.39 is 22.2 Å². The van der Waals surface area contributed by atoms with Crippen LogP contribution in [0.4, 0.5) is 13.2 Å². The zero-order valence-electron chi connectivity index (χ0n) is 12.6. The predicted molar refractivity (Wildman–Crippen MR) is 73.7 cm³/mol. The molecule has 0 saturated carbocycles. The first kappa shape index (κ1) is 20.5. The molecule has 1 heterocycles. The number of carbonyl (C=O) groups excluding carboxylic acids is 1. The number of hydrogen-bond donors (Lipinski definition) is 1. The van der Waals surface area contributed by atoms with E-state index in [2.05, 4.69) is 4.74 Å². The van der Waals surface area contributed by atoms with Gasteiger partial charge in [0.05, 0.1) is 6.61 Å². The minimum atomic E-state index is -4.60. The molecule has 1 N–H and O–H groups in total. The van der Waals surface area contributed by atoms with Crippen LogP contribution in [0.3, 0.4) is 0 Å². The maximum absolute atomic E-state index is 12.3. The number of nitrogens with zero attached hydrogens (tertiary/aromatic N) is 1. The molecule has 0 amide bonds. The zero-order valence-corrected chi connectivity index (χ0v) is 13.5. The first-order valence-corrected chi connectivity index (χ1v) is 7.70. The Morgan fingerprint density at radius 2 is 1.95 bits per heavy atom.